The fourth-order valence-corrected chi connectivity index (χ4v) is 2.98. The molecule has 5 nitrogen and oxygen atoms in total. The quantitative estimate of drug-likeness (QED) is 0.706. The first-order chi connectivity index (χ1) is 11.5. The summed E-state index contributed by atoms with van der Waals surface area (Å²) in [5.41, 5.74) is 1.46. The molecule has 0 bridgehead atoms. The van der Waals surface area contributed by atoms with Crippen LogP contribution >= 0.6 is 15.9 Å². The first kappa shape index (κ1) is 16.3. The molecule has 0 unspecified atom stereocenters. The number of nitrogens with one attached hydrogen (secondary N) is 1. The molecule has 1 amide bonds. The number of rotatable bonds is 5. The number of benzene rings is 2. The van der Waals surface area contributed by atoms with Crippen molar-refractivity contribution in [1.82, 2.24) is 9.88 Å². The van der Waals surface area contributed by atoms with Crippen LogP contribution in [0.25, 0.3) is 10.9 Å². The Morgan fingerprint density at radius 2 is 1.88 bits per heavy atom. The van der Waals surface area contributed by atoms with Crippen LogP contribution in [0.2, 0.25) is 0 Å². The Hall–Kier alpha value is -2.60. The van der Waals surface area contributed by atoms with E-state index in [1.165, 1.54) is 0 Å². The molecule has 24 heavy (non-hydrogen) atoms. The van der Waals surface area contributed by atoms with E-state index in [0.717, 1.165) is 15.4 Å². The number of carboxylic acids is 1. The van der Waals surface area contributed by atoms with Crippen molar-refractivity contribution in [1.29, 1.82) is 0 Å². The van der Waals surface area contributed by atoms with Gasteiger partial charge in [0.15, 0.2) is 6.04 Å². The fraction of sp³-hybridized carbons (Fsp3) is 0.111. The van der Waals surface area contributed by atoms with Crippen molar-refractivity contribution in [3.8, 4) is 0 Å². The zero-order chi connectivity index (χ0) is 17.1. The van der Waals surface area contributed by atoms with E-state index in [1.54, 1.807) is 34.9 Å². The summed E-state index contributed by atoms with van der Waals surface area (Å²) in [5, 5.41) is 13.0. The molecule has 0 saturated carbocycles. The van der Waals surface area contributed by atoms with Crippen molar-refractivity contribution in [3.63, 3.8) is 0 Å². The van der Waals surface area contributed by atoms with Crippen LogP contribution in [0.3, 0.4) is 0 Å². The zero-order valence-electron chi connectivity index (χ0n) is 12.6. The van der Waals surface area contributed by atoms with Crippen LogP contribution in [0.4, 0.5) is 0 Å². The highest BCUT2D eigenvalue weighted by atomic mass is 79.9. The van der Waals surface area contributed by atoms with E-state index in [-0.39, 0.29) is 12.5 Å². The topological polar surface area (TPSA) is 71.3 Å². The van der Waals surface area contributed by atoms with E-state index in [9.17, 15) is 14.7 Å². The summed E-state index contributed by atoms with van der Waals surface area (Å²) in [7, 11) is 0. The lowest BCUT2D eigenvalue weighted by atomic mass is 10.1. The summed E-state index contributed by atoms with van der Waals surface area (Å²) in [6.07, 6.45) is 1.81. The SMILES string of the molecule is O=C(Cn1ccc2cc(Br)ccc21)N[C@@H](C(=O)O)c1ccccc1. The van der Waals surface area contributed by atoms with E-state index >= 15 is 0 Å². The van der Waals surface area contributed by atoms with Gasteiger partial charge in [-0.25, -0.2) is 4.79 Å². The van der Waals surface area contributed by atoms with E-state index in [2.05, 4.69) is 21.2 Å². The number of hydrogen-bond acceptors (Lipinski definition) is 2. The predicted molar refractivity (Wildman–Crippen MR) is 94.6 cm³/mol. The smallest absolute Gasteiger partial charge is 0.330 e. The fourth-order valence-electron chi connectivity index (χ4n) is 2.60. The molecule has 0 fully saturated rings. The number of carbonyl (C=O) groups excluding carboxylic acids is 1. The Kier molecular flexibility index (Phi) is 4.66. The molecule has 0 aliphatic heterocycles. The number of amides is 1. The van der Waals surface area contributed by atoms with Gasteiger partial charge in [0, 0.05) is 21.6 Å². The molecular weight excluding hydrogens is 372 g/mol. The Morgan fingerprint density at radius 3 is 2.58 bits per heavy atom. The van der Waals surface area contributed by atoms with Gasteiger partial charge < -0.3 is 15.0 Å². The third-order valence-corrected chi connectivity index (χ3v) is 4.23. The first-order valence-corrected chi connectivity index (χ1v) is 8.15. The van der Waals surface area contributed by atoms with Crippen molar-refractivity contribution < 1.29 is 14.7 Å². The van der Waals surface area contributed by atoms with Crippen LogP contribution in [0, 0.1) is 0 Å². The summed E-state index contributed by atoms with van der Waals surface area (Å²) < 4.78 is 2.76. The second-order valence-corrected chi connectivity index (χ2v) is 6.31. The van der Waals surface area contributed by atoms with Crippen molar-refractivity contribution >= 4 is 38.7 Å². The molecular formula is C18H15BrN2O3. The summed E-state index contributed by atoms with van der Waals surface area (Å²) >= 11 is 3.41. The van der Waals surface area contributed by atoms with Gasteiger partial charge in [-0.2, -0.15) is 0 Å². The number of aromatic nitrogens is 1. The van der Waals surface area contributed by atoms with Crippen molar-refractivity contribution in [2.45, 2.75) is 12.6 Å². The molecule has 2 aromatic carbocycles. The number of carboxylic acid groups (broad SMARTS) is 1. The molecule has 0 aliphatic carbocycles. The van der Waals surface area contributed by atoms with Crippen LogP contribution in [-0.2, 0) is 16.1 Å². The molecule has 1 heterocycles. The highest BCUT2D eigenvalue weighted by Crippen LogP contribution is 2.21. The second kappa shape index (κ2) is 6.88. The van der Waals surface area contributed by atoms with Crippen LogP contribution < -0.4 is 5.32 Å². The van der Waals surface area contributed by atoms with Gasteiger partial charge in [-0.15, -0.1) is 0 Å². The lowest BCUT2D eigenvalue weighted by Gasteiger charge is -2.15. The van der Waals surface area contributed by atoms with Crippen LogP contribution in [0.1, 0.15) is 11.6 Å². The maximum atomic E-state index is 12.3. The molecule has 0 radical (unpaired) electrons. The largest absolute Gasteiger partial charge is 0.479 e. The minimum atomic E-state index is -1.09. The van der Waals surface area contributed by atoms with Gasteiger partial charge in [0.2, 0.25) is 5.91 Å². The van der Waals surface area contributed by atoms with Gasteiger partial charge in [-0.05, 0) is 29.8 Å². The second-order valence-electron chi connectivity index (χ2n) is 5.40. The summed E-state index contributed by atoms with van der Waals surface area (Å²) in [6, 6.07) is 15.3. The standard InChI is InChI=1S/C18H15BrN2O3/c19-14-6-7-15-13(10-14)8-9-21(15)11-16(22)20-17(18(23)24)12-4-2-1-3-5-12/h1-10,17H,11H2,(H,20,22)(H,23,24)/t17-/m1/s1. The Balaban J connectivity index is 1.77. The highest BCUT2D eigenvalue weighted by molar-refractivity contribution is 9.10. The van der Waals surface area contributed by atoms with Crippen LogP contribution in [0.5, 0.6) is 0 Å². The Bertz CT molecular complexity index is 890. The van der Waals surface area contributed by atoms with Crippen LogP contribution in [0.15, 0.2) is 65.3 Å². The number of halogens is 1. The van der Waals surface area contributed by atoms with Gasteiger partial charge in [0.25, 0.3) is 0 Å². The normalized spacial score (nSPS) is 12.0. The predicted octanol–water partition coefficient (Wildman–Crippen LogP) is 3.35. The number of hydrogen-bond donors (Lipinski definition) is 2. The number of fused-ring (bicyclic) bond motifs is 1. The monoisotopic (exact) mass is 386 g/mol. The van der Waals surface area contributed by atoms with E-state index in [0.29, 0.717) is 5.56 Å². The highest BCUT2D eigenvalue weighted by Gasteiger charge is 2.22. The molecule has 1 aromatic heterocycles. The molecule has 3 rings (SSSR count). The average Bonchev–Trinajstić information content (AvgIpc) is 2.95. The summed E-state index contributed by atoms with van der Waals surface area (Å²) in [5.74, 6) is -1.44. The number of aliphatic carboxylic acids is 1. The molecule has 2 N–H and O–H groups in total. The van der Waals surface area contributed by atoms with E-state index < -0.39 is 12.0 Å². The molecule has 0 saturated heterocycles. The number of carbonyl (C=O) groups is 2. The maximum absolute atomic E-state index is 12.3. The van der Waals surface area contributed by atoms with Gasteiger partial charge in [-0.1, -0.05) is 46.3 Å². The maximum Gasteiger partial charge on any atom is 0.330 e. The molecule has 3 aromatic rings. The third kappa shape index (κ3) is 3.49. The molecule has 122 valence electrons. The van der Waals surface area contributed by atoms with Crippen LogP contribution in [-0.4, -0.2) is 21.6 Å². The minimum absolute atomic E-state index is 0.0573. The molecule has 0 spiro atoms. The lowest BCUT2D eigenvalue weighted by Crippen LogP contribution is -2.35. The molecule has 1 atom stereocenters. The third-order valence-electron chi connectivity index (χ3n) is 3.73. The first-order valence-electron chi connectivity index (χ1n) is 7.36. The summed E-state index contributed by atoms with van der Waals surface area (Å²) in [4.78, 5) is 23.8. The summed E-state index contributed by atoms with van der Waals surface area (Å²) in [6.45, 7) is 0.0573. The van der Waals surface area contributed by atoms with Crippen molar-refractivity contribution in [2.75, 3.05) is 0 Å². The number of nitrogens with zero attached hydrogens (tertiary/aromatic N) is 1. The van der Waals surface area contributed by atoms with E-state index in [4.69, 9.17) is 0 Å². The minimum Gasteiger partial charge on any atom is -0.479 e. The van der Waals surface area contributed by atoms with Gasteiger partial charge >= 0.3 is 5.97 Å². The van der Waals surface area contributed by atoms with Gasteiger partial charge in [0.1, 0.15) is 6.54 Å². The molecule has 0 aliphatic rings. The van der Waals surface area contributed by atoms with Crippen molar-refractivity contribution in [2.24, 2.45) is 0 Å². The van der Waals surface area contributed by atoms with Crippen molar-refractivity contribution in [3.05, 3.63) is 70.8 Å². The zero-order valence-corrected chi connectivity index (χ0v) is 14.2. The Morgan fingerprint density at radius 1 is 1.12 bits per heavy atom. The van der Waals surface area contributed by atoms with Gasteiger partial charge in [-0.3, -0.25) is 4.79 Å². The Labute approximate surface area is 147 Å². The average molecular weight is 387 g/mol. The lowest BCUT2D eigenvalue weighted by molar-refractivity contribution is -0.142. The van der Waals surface area contributed by atoms with Gasteiger partial charge in [0.05, 0.1) is 0 Å². The molecule has 6 heteroatoms. The van der Waals surface area contributed by atoms with E-state index in [1.807, 2.05) is 30.5 Å².